The highest BCUT2D eigenvalue weighted by Gasteiger charge is 2.26. The van der Waals surface area contributed by atoms with Crippen molar-refractivity contribution in [3.05, 3.63) is 35.9 Å². The molecule has 17 heavy (non-hydrogen) atoms. The average Bonchev–Trinajstić information content (AvgIpc) is 2.79. The molecule has 0 saturated carbocycles. The van der Waals surface area contributed by atoms with Gasteiger partial charge in [0.1, 0.15) is 0 Å². The summed E-state index contributed by atoms with van der Waals surface area (Å²) in [6.07, 6.45) is 3.54. The van der Waals surface area contributed by atoms with Gasteiger partial charge in [-0.2, -0.15) is 0 Å². The van der Waals surface area contributed by atoms with Gasteiger partial charge in [0.05, 0.1) is 0 Å². The number of nitrogens with two attached hydrogens (primary N) is 1. The number of likely N-dealkylation sites (tertiary alicyclic amines) is 1. The Hall–Kier alpha value is -0.860. The van der Waals surface area contributed by atoms with Gasteiger partial charge >= 0.3 is 0 Å². The van der Waals surface area contributed by atoms with Crippen LogP contribution in [0.25, 0.3) is 0 Å². The Morgan fingerprint density at radius 1 is 1.35 bits per heavy atom. The molecule has 2 rings (SSSR count). The molecule has 2 atom stereocenters. The third-order valence-electron chi connectivity index (χ3n) is 3.77. The number of benzene rings is 1. The molecule has 1 heterocycles. The quantitative estimate of drug-likeness (QED) is 0.844. The molecule has 2 unspecified atom stereocenters. The van der Waals surface area contributed by atoms with Crippen molar-refractivity contribution in [3.8, 4) is 0 Å². The number of hydrogen-bond acceptors (Lipinski definition) is 2. The Labute approximate surface area is 105 Å². The van der Waals surface area contributed by atoms with Crippen LogP contribution < -0.4 is 5.73 Å². The van der Waals surface area contributed by atoms with Crippen LogP contribution in [0.4, 0.5) is 0 Å². The van der Waals surface area contributed by atoms with Gasteiger partial charge in [0.2, 0.25) is 0 Å². The molecule has 2 N–H and O–H groups in total. The Balaban J connectivity index is 1.83. The molecule has 2 nitrogen and oxygen atoms in total. The fraction of sp³-hybridized carbons (Fsp3) is 0.600. The van der Waals surface area contributed by atoms with E-state index in [1.54, 1.807) is 0 Å². The molecule has 1 aromatic carbocycles. The van der Waals surface area contributed by atoms with E-state index in [1.165, 1.54) is 38.0 Å². The molecule has 0 radical (unpaired) electrons. The third kappa shape index (κ3) is 3.55. The highest BCUT2D eigenvalue weighted by Crippen LogP contribution is 2.21. The summed E-state index contributed by atoms with van der Waals surface area (Å²) >= 11 is 0. The van der Waals surface area contributed by atoms with Gasteiger partial charge < -0.3 is 10.6 Å². The first-order valence-electron chi connectivity index (χ1n) is 6.81. The highest BCUT2D eigenvalue weighted by atomic mass is 15.1. The van der Waals surface area contributed by atoms with E-state index in [0.717, 1.165) is 6.42 Å². The van der Waals surface area contributed by atoms with E-state index in [0.29, 0.717) is 12.0 Å². The van der Waals surface area contributed by atoms with Crippen LogP contribution in [0.1, 0.15) is 25.3 Å². The lowest BCUT2D eigenvalue weighted by molar-refractivity contribution is 0.312. The maximum Gasteiger partial charge on any atom is 0.0120 e. The summed E-state index contributed by atoms with van der Waals surface area (Å²) in [7, 11) is 0. The van der Waals surface area contributed by atoms with Crippen molar-refractivity contribution < 1.29 is 0 Å². The van der Waals surface area contributed by atoms with Crippen molar-refractivity contribution in [2.75, 3.05) is 19.6 Å². The van der Waals surface area contributed by atoms with E-state index in [-0.39, 0.29) is 0 Å². The lowest BCUT2D eigenvalue weighted by Gasteiger charge is -2.20. The number of rotatable bonds is 5. The fourth-order valence-corrected chi connectivity index (χ4v) is 2.78. The van der Waals surface area contributed by atoms with Gasteiger partial charge in [-0.3, -0.25) is 0 Å². The fourth-order valence-electron chi connectivity index (χ4n) is 2.78. The zero-order valence-electron chi connectivity index (χ0n) is 10.8. The predicted molar refractivity (Wildman–Crippen MR) is 73.0 cm³/mol. The zero-order chi connectivity index (χ0) is 12.1. The molecule has 1 aliphatic rings. The van der Waals surface area contributed by atoms with E-state index in [4.69, 9.17) is 5.73 Å². The van der Waals surface area contributed by atoms with Crippen LogP contribution in [0.15, 0.2) is 30.3 Å². The Morgan fingerprint density at radius 3 is 2.82 bits per heavy atom. The van der Waals surface area contributed by atoms with Crippen LogP contribution in [0.5, 0.6) is 0 Å². The SMILES string of the molecule is CCCN1CCC(C(N)Cc2ccccc2)C1. The minimum atomic E-state index is 0.319. The summed E-state index contributed by atoms with van der Waals surface area (Å²) in [5.41, 5.74) is 7.71. The van der Waals surface area contributed by atoms with Crippen LogP contribution in [0, 0.1) is 5.92 Å². The largest absolute Gasteiger partial charge is 0.327 e. The monoisotopic (exact) mass is 232 g/mol. The van der Waals surface area contributed by atoms with Crippen LogP contribution in [-0.2, 0) is 6.42 Å². The Kier molecular flexibility index (Phi) is 4.57. The third-order valence-corrected chi connectivity index (χ3v) is 3.77. The number of hydrogen-bond donors (Lipinski definition) is 1. The summed E-state index contributed by atoms with van der Waals surface area (Å²) < 4.78 is 0. The molecule has 0 spiro atoms. The maximum absolute atomic E-state index is 6.34. The smallest absolute Gasteiger partial charge is 0.0120 e. The van der Waals surface area contributed by atoms with E-state index >= 15 is 0 Å². The second-order valence-corrected chi connectivity index (χ2v) is 5.20. The van der Waals surface area contributed by atoms with Crippen molar-refractivity contribution in [3.63, 3.8) is 0 Å². The van der Waals surface area contributed by atoms with Crippen molar-refractivity contribution >= 4 is 0 Å². The average molecular weight is 232 g/mol. The molecule has 1 fully saturated rings. The molecule has 1 aliphatic heterocycles. The van der Waals surface area contributed by atoms with Gasteiger partial charge in [-0.05, 0) is 43.8 Å². The zero-order valence-corrected chi connectivity index (χ0v) is 10.8. The van der Waals surface area contributed by atoms with E-state index in [2.05, 4.69) is 42.2 Å². The highest BCUT2D eigenvalue weighted by molar-refractivity contribution is 5.16. The molecule has 0 aromatic heterocycles. The normalized spacial score (nSPS) is 22.8. The van der Waals surface area contributed by atoms with E-state index in [1.807, 2.05) is 0 Å². The molecular formula is C15H24N2. The first-order valence-corrected chi connectivity index (χ1v) is 6.81. The van der Waals surface area contributed by atoms with E-state index < -0.39 is 0 Å². The molecule has 2 heteroatoms. The molecule has 1 saturated heterocycles. The summed E-state index contributed by atoms with van der Waals surface area (Å²) in [5.74, 6) is 0.682. The van der Waals surface area contributed by atoms with Gasteiger partial charge in [0.15, 0.2) is 0 Å². The van der Waals surface area contributed by atoms with Crippen molar-refractivity contribution in [2.24, 2.45) is 11.7 Å². The lowest BCUT2D eigenvalue weighted by Crippen LogP contribution is -2.34. The van der Waals surface area contributed by atoms with Gasteiger partial charge in [-0.25, -0.2) is 0 Å². The van der Waals surface area contributed by atoms with Gasteiger partial charge in [0, 0.05) is 12.6 Å². The second kappa shape index (κ2) is 6.18. The van der Waals surface area contributed by atoms with E-state index in [9.17, 15) is 0 Å². The molecule has 0 aliphatic carbocycles. The minimum Gasteiger partial charge on any atom is -0.327 e. The Morgan fingerprint density at radius 2 is 2.12 bits per heavy atom. The summed E-state index contributed by atoms with van der Waals surface area (Å²) in [4.78, 5) is 2.55. The van der Waals surface area contributed by atoms with Crippen molar-refractivity contribution in [1.82, 2.24) is 4.90 Å². The summed E-state index contributed by atoms with van der Waals surface area (Å²) in [6, 6.07) is 10.9. The second-order valence-electron chi connectivity index (χ2n) is 5.20. The molecular weight excluding hydrogens is 208 g/mol. The molecule has 1 aromatic rings. The van der Waals surface area contributed by atoms with Crippen LogP contribution >= 0.6 is 0 Å². The lowest BCUT2D eigenvalue weighted by atomic mass is 9.94. The topological polar surface area (TPSA) is 29.3 Å². The standard InChI is InChI=1S/C15H24N2/c1-2-9-17-10-8-14(12-17)15(16)11-13-6-4-3-5-7-13/h3-7,14-15H,2,8-12,16H2,1H3. The van der Waals surface area contributed by atoms with Gasteiger partial charge in [0.25, 0.3) is 0 Å². The van der Waals surface area contributed by atoms with Crippen LogP contribution in [0.3, 0.4) is 0 Å². The Bertz CT molecular complexity index is 323. The summed E-state index contributed by atoms with van der Waals surface area (Å²) in [6.45, 7) is 5.91. The van der Waals surface area contributed by atoms with Gasteiger partial charge in [-0.15, -0.1) is 0 Å². The molecule has 0 bridgehead atoms. The molecule has 0 amide bonds. The first kappa shape index (κ1) is 12.6. The summed E-state index contributed by atoms with van der Waals surface area (Å²) in [5, 5.41) is 0. The van der Waals surface area contributed by atoms with Gasteiger partial charge in [-0.1, -0.05) is 37.3 Å². The predicted octanol–water partition coefficient (Wildman–Crippen LogP) is 2.29. The van der Waals surface area contributed by atoms with Crippen molar-refractivity contribution in [2.45, 2.75) is 32.2 Å². The minimum absolute atomic E-state index is 0.319. The van der Waals surface area contributed by atoms with Crippen LogP contribution in [0.2, 0.25) is 0 Å². The first-order chi connectivity index (χ1) is 8.29. The maximum atomic E-state index is 6.34. The van der Waals surface area contributed by atoms with Crippen molar-refractivity contribution in [1.29, 1.82) is 0 Å². The number of nitrogens with zero attached hydrogens (tertiary/aromatic N) is 1. The van der Waals surface area contributed by atoms with Crippen LogP contribution in [-0.4, -0.2) is 30.6 Å². The molecule has 94 valence electrons.